The van der Waals surface area contributed by atoms with Crippen LogP contribution < -0.4 is 0 Å². The first-order valence-electron chi connectivity index (χ1n) is 12.2. The second-order valence-electron chi connectivity index (χ2n) is 13.5. The van der Waals surface area contributed by atoms with Gasteiger partial charge < -0.3 is 0 Å². The van der Waals surface area contributed by atoms with Crippen molar-refractivity contribution in [3.8, 4) is 0 Å². The summed E-state index contributed by atoms with van der Waals surface area (Å²) in [5.41, 5.74) is 6.32. The second-order valence-corrected chi connectivity index (χ2v) is 13.5. The molecule has 29 heavy (non-hydrogen) atoms. The lowest BCUT2D eigenvalue weighted by atomic mass is 9.50. The molecule has 5 aliphatic carbocycles. The monoisotopic (exact) mass is 390 g/mol. The van der Waals surface area contributed by atoms with Gasteiger partial charge in [-0.1, -0.05) is 96.9 Å². The van der Waals surface area contributed by atoms with E-state index in [-0.39, 0.29) is 10.8 Å². The number of rotatable bonds is 0. The summed E-state index contributed by atoms with van der Waals surface area (Å²) in [6.45, 7) is 19.7. The first kappa shape index (κ1) is 19.9. The quantitative estimate of drug-likeness (QED) is 0.366. The van der Waals surface area contributed by atoms with E-state index < -0.39 is 0 Å². The van der Waals surface area contributed by atoms with Crippen LogP contribution in [-0.4, -0.2) is 0 Å². The Kier molecular flexibility index (Phi) is 3.98. The second kappa shape index (κ2) is 5.80. The van der Waals surface area contributed by atoms with Crippen molar-refractivity contribution in [2.75, 3.05) is 0 Å². The van der Waals surface area contributed by atoms with Crippen LogP contribution in [0.3, 0.4) is 0 Å². The van der Waals surface area contributed by atoms with E-state index in [1.165, 1.54) is 25.7 Å². The molecule has 5 rings (SSSR count). The molecule has 0 nitrogen and oxygen atoms in total. The smallest absolute Gasteiger partial charge is 0.00755 e. The maximum atomic E-state index is 2.69. The molecule has 0 spiro atoms. The van der Waals surface area contributed by atoms with Gasteiger partial charge in [0.15, 0.2) is 0 Å². The molecular formula is C29H42. The van der Waals surface area contributed by atoms with Crippen LogP contribution in [0.5, 0.6) is 0 Å². The fourth-order valence-corrected chi connectivity index (χ4v) is 7.94. The minimum atomic E-state index is 0.193. The molecule has 5 atom stereocenters. The molecule has 0 aromatic rings. The van der Waals surface area contributed by atoms with Crippen LogP contribution in [0.4, 0.5) is 0 Å². The number of hydrogen-bond acceptors (Lipinski definition) is 0. The Morgan fingerprint density at radius 3 is 1.93 bits per heavy atom. The fraction of sp³-hybridized carbons (Fsp3) is 0.724. The van der Waals surface area contributed by atoms with Gasteiger partial charge >= 0.3 is 0 Å². The van der Waals surface area contributed by atoms with E-state index in [1.54, 1.807) is 16.7 Å². The molecule has 0 aromatic carbocycles. The van der Waals surface area contributed by atoms with Gasteiger partial charge in [0.05, 0.1) is 0 Å². The third-order valence-electron chi connectivity index (χ3n) is 9.99. The Morgan fingerprint density at radius 1 is 0.690 bits per heavy atom. The van der Waals surface area contributed by atoms with Crippen molar-refractivity contribution in [1.29, 1.82) is 0 Å². The van der Waals surface area contributed by atoms with Crippen LogP contribution in [0.25, 0.3) is 0 Å². The molecule has 158 valence electrons. The van der Waals surface area contributed by atoms with Crippen LogP contribution in [0, 0.1) is 51.2 Å². The summed E-state index contributed by atoms with van der Waals surface area (Å²) >= 11 is 0. The Bertz CT molecular complexity index is 850. The third-order valence-corrected chi connectivity index (χ3v) is 9.99. The molecule has 0 aliphatic heterocycles. The highest BCUT2D eigenvalue weighted by Gasteiger charge is 2.55. The van der Waals surface area contributed by atoms with Gasteiger partial charge in [0.2, 0.25) is 0 Å². The van der Waals surface area contributed by atoms with Gasteiger partial charge in [-0.2, -0.15) is 0 Å². The highest BCUT2D eigenvalue weighted by atomic mass is 14.6. The van der Waals surface area contributed by atoms with Crippen molar-refractivity contribution >= 4 is 0 Å². The summed E-state index contributed by atoms with van der Waals surface area (Å²) in [5, 5.41) is 0. The zero-order valence-corrected chi connectivity index (χ0v) is 20.1. The molecule has 0 bridgehead atoms. The highest BCUT2D eigenvalue weighted by molar-refractivity contribution is 5.49. The molecule has 2 saturated carbocycles. The Hall–Kier alpha value is -1.04. The molecule has 0 aromatic heterocycles. The van der Waals surface area contributed by atoms with Crippen molar-refractivity contribution in [3.05, 3.63) is 47.1 Å². The summed E-state index contributed by atoms with van der Waals surface area (Å²) in [6, 6.07) is 0. The van der Waals surface area contributed by atoms with Gasteiger partial charge in [-0.3, -0.25) is 0 Å². The minimum absolute atomic E-state index is 0.193. The van der Waals surface area contributed by atoms with Gasteiger partial charge in [-0.15, -0.1) is 0 Å². The Labute approximate surface area is 179 Å². The van der Waals surface area contributed by atoms with Crippen molar-refractivity contribution in [1.82, 2.24) is 0 Å². The van der Waals surface area contributed by atoms with Gasteiger partial charge in [0.1, 0.15) is 0 Å². The molecular weight excluding hydrogens is 348 g/mol. The Balaban J connectivity index is 1.50. The molecule has 5 unspecified atom stereocenters. The standard InChI is InChI=1S/C29H42/c1-26(2)9-11-28(5,6)24-16-20-18(14-22(24)26)13-19-15-23-25(17-21(19)20)29(7,8)12-10-27(23,3)4/h9-12,14,19-21,23,25H,13,15-17H2,1-8H3. The number of hydrogen-bond donors (Lipinski definition) is 0. The van der Waals surface area contributed by atoms with Gasteiger partial charge in [0, 0.05) is 10.8 Å². The molecule has 0 saturated heterocycles. The predicted octanol–water partition coefficient (Wildman–Crippen LogP) is 8.14. The molecule has 0 heteroatoms. The molecule has 0 heterocycles. The zero-order valence-electron chi connectivity index (χ0n) is 20.1. The highest BCUT2D eigenvalue weighted by Crippen LogP contribution is 2.64. The molecule has 0 radical (unpaired) electrons. The molecule has 5 aliphatic rings. The first-order valence-corrected chi connectivity index (χ1v) is 12.2. The van der Waals surface area contributed by atoms with E-state index in [0.717, 1.165) is 29.6 Å². The third kappa shape index (κ3) is 2.84. The van der Waals surface area contributed by atoms with E-state index in [9.17, 15) is 0 Å². The van der Waals surface area contributed by atoms with Crippen LogP contribution in [0.1, 0.15) is 81.1 Å². The van der Waals surface area contributed by atoms with E-state index in [1.807, 2.05) is 0 Å². The SMILES string of the molecule is CC1(C)C=CC(C)(C)C2=C1C=C1CC3CC4C(CC3C1C2)C(C)(C)C=CC4(C)C. The summed E-state index contributed by atoms with van der Waals surface area (Å²) in [5.74, 6) is 4.32. The summed E-state index contributed by atoms with van der Waals surface area (Å²) in [4.78, 5) is 0. The Morgan fingerprint density at radius 2 is 1.28 bits per heavy atom. The maximum absolute atomic E-state index is 2.69. The number of allylic oxidation sites excluding steroid dienone is 8. The van der Waals surface area contributed by atoms with Gasteiger partial charge in [-0.05, 0) is 71.7 Å². The average molecular weight is 391 g/mol. The van der Waals surface area contributed by atoms with E-state index in [4.69, 9.17) is 0 Å². The van der Waals surface area contributed by atoms with E-state index in [2.05, 4.69) is 85.8 Å². The molecule has 0 amide bonds. The van der Waals surface area contributed by atoms with Crippen LogP contribution in [0.15, 0.2) is 47.1 Å². The topological polar surface area (TPSA) is 0 Å². The summed E-state index contributed by atoms with van der Waals surface area (Å²) in [7, 11) is 0. The van der Waals surface area contributed by atoms with Crippen molar-refractivity contribution in [3.63, 3.8) is 0 Å². The first-order chi connectivity index (χ1) is 13.3. The average Bonchev–Trinajstić information content (AvgIpc) is 2.98. The van der Waals surface area contributed by atoms with Gasteiger partial charge in [0.25, 0.3) is 0 Å². The lowest BCUT2D eigenvalue weighted by Gasteiger charge is -2.54. The molecule has 2 fully saturated rings. The number of fused-ring (bicyclic) bond motifs is 4. The summed E-state index contributed by atoms with van der Waals surface area (Å²) in [6.07, 6.45) is 18.3. The van der Waals surface area contributed by atoms with Crippen LogP contribution in [0.2, 0.25) is 0 Å². The minimum Gasteiger partial charge on any atom is -0.0820 e. The normalized spacial score (nSPS) is 42.5. The summed E-state index contributed by atoms with van der Waals surface area (Å²) < 4.78 is 0. The van der Waals surface area contributed by atoms with Crippen LogP contribution in [-0.2, 0) is 0 Å². The van der Waals surface area contributed by atoms with Crippen molar-refractivity contribution < 1.29 is 0 Å². The predicted molar refractivity (Wildman–Crippen MR) is 124 cm³/mol. The zero-order chi connectivity index (χ0) is 21.0. The van der Waals surface area contributed by atoms with E-state index in [0.29, 0.717) is 10.8 Å². The fourth-order valence-electron chi connectivity index (χ4n) is 7.94. The van der Waals surface area contributed by atoms with Gasteiger partial charge in [-0.25, -0.2) is 0 Å². The van der Waals surface area contributed by atoms with Crippen molar-refractivity contribution in [2.24, 2.45) is 51.2 Å². The maximum Gasteiger partial charge on any atom is 0.00755 e. The lowest BCUT2D eigenvalue weighted by Crippen LogP contribution is -2.47. The molecule has 0 N–H and O–H groups in total. The van der Waals surface area contributed by atoms with Crippen LogP contribution >= 0.6 is 0 Å². The largest absolute Gasteiger partial charge is 0.0820 e. The lowest BCUT2D eigenvalue weighted by molar-refractivity contribution is -0.00798. The van der Waals surface area contributed by atoms with Crippen molar-refractivity contribution in [2.45, 2.75) is 81.1 Å². The van der Waals surface area contributed by atoms with E-state index >= 15 is 0 Å².